The standard InChI is InChI=1S/C23H21NO3/c1-15-13-17(14-21(22(15)25)23(26)27)7-6-12-24-16(2)19-11-5-9-18-8-3-4-10-20(18)19/h3-5,8-11,13-14,16,24-25H,12H2,1-2H3,(H,26,27)/t16-/m1/s1. The summed E-state index contributed by atoms with van der Waals surface area (Å²) in [5.74, 6) is 4.62. The van der Waals surface area contributed by atoms with Crippen molar-refractivity contribution in [3.8, 4) is 17.6 Å². The summed E-state index contributed by atoms with van der Waals surface area (Å²) in [6.07, 6.45) is 0. The normalized spacial score (nSPS) is 11.6. The zero-order chi connectivity index (χ0) is 19.4. The summed E-state index contributed by atoms with van der Waals surface area (Å²) in [4.78, 5) is 11.2. The van der Waals surface area contributed by atoms with Crippen molar-refractivity contribution in [2.45, 2.75) is 19.9 Å². The third-order valence-corrected chi connectivity index (χ3v) is 4.55. The summed E-state index contributed by atoms with van der Waals surface area (Å²) in [7, 11) is 0. The fourth-order valence-electron chi connectivity index (χ4n) is 3.10. The molecule has 4 heteroatoms. The van der Waals surface area contributed by atoms with Crippen LogP contribution in [0.3, 0.4) is 0 Å². The summed E-state index contributed by atoms with van der Waals surface area (Å²) >= 11 is 0. The molecule has 0 heterocycles. The first kappa shape index (κ1) is 18.5. The summed E-state index contributed by atoms with van der Waals surface area (Å²) in [6.45, 7) is 4.22. The first-order valence-corrected chi connectivity index (χ1v) is 8.74. The number of nitrogens with one attached hydrogen (secondary N) is 1. The van der Waals surface area contributed by atoms with E-state index in [2.05, 4.69) is 48.3 Å². The predicted molar refractivity (Wildman–Crippen MR) is 107 cm³/mol. The monoisotopic (exact) mass is 359 g/mol. The van der Waals surface area contributed by atoms with Crippen LogP contribution in [-0.4, -0.2) is 22.7 Å². The molecule has 0 radical (unpaired) electrons. The maximum absolute atomic E-state index is 11.2. The van der Waals surface area contributed by atoms with Gasteiger partial charge in [0.1, 0.15) is 11.3 Å². The molecule has 0 aliphatic carbocycles. The van der Waals surface area contributed by atoms with Gasteiger partial charge in [-0.15, -0.1) is 0 Å². The Morgan fingerprint density at radius 1 is 1.15 bits per heavy atom. The number of phenols is 1. The first-order valence-electron chi connectivity index (χ1n) is 8.74. The van der Waals surface area contributed by atoms with Crippen LogP contribution in [0.5, 0.6) is 5.75 Å². The van der Waals surface area contributed by atoms with Gasteiger partial charge in [0.15, 0.2) is 0 Å². The molecule has 0 aliphatic rings. The van der Waals surface area contributed by atoms with Crippen molar-refractivity contribution in [3.63, 3.8) is 0 Å². The summed E-state index contributed by atoms with van der Waals surface area (Å²) in [5, 5.41) is 24.8. The van der Waals surface area contributed by atoms with Gasteiger partial charge >= 0.3 is 5.97 Å². The zero-order valence-corrected chi connectivity index (χ0v) is 15.3. The molecule has 1 atom stereocenters. The topological polar surface area (TPSA) is 69.6 Å². The van der Waals surface area contributed by atoms with Gasteiger partial charge < -0.3 is 10.2 Å². The van der Waals surface area contributed by atoms with E-state index in [0.717, 1.165) is 0 Å². The van der Waals surface area contributed by atoms with Crippen LogP contribution in [0.2, 0.25) is 0 Å². The number of fused-ring (bicyclic) bond motifs is 1. The van der Waals surface area contributed by atoms with Crippen molar-refractivity contribution < 1.29 is 15.0 Å². The van der Waals surface area contributed by atoms with Gasteiger partial charge in [0.25, 0.3) is 0 Å². The van der Waals surface area contributed by atoms with E-state index in [4.69, 9.17) is 5.11 Å². The van der Waals surface area contributed by atoms with E-state index in [0.29, 0.717) is 17.7 Å². The van der Waals surface area contributed by atoms with Gasteiger partial charge in [-0.1, -0.05) is 54.3 Å². The van der Waals surface area contributed by atoms with E-state index in [-0.39, 0.29) is 17.4 Å². The van der Waals surface area contributed by atoms with E-state index in [1.165, 1.54) is 22.4 Å². The average Bonchev–Trinajstić information content (AvgIpc) is 2.66. The predicted octanol–water partition coefficient (Wildman–Crippen LogP) is 4.25. The highest BCUT2D eigenvalue weighted by atomic mass is 16.4. The molecule has 0 unspecified atom stereocenters. The van der Waals surface area contributed by atoms with E-state index >= 15 is 0 Å². The number of hydrogen-bond donors (Lipinski definition) is 3. The number of rotatable bonds is 4. The van der Waals surface area contributed by atoms with E-state index < -0.39 is 5.97 Å². The van der Waals surface area contributed by atoms with Gasteiger partial charge in [-0.05, 0) is 47.9 Å². The lowest BCUT2D eigenvalue weighted by atomic mass is 10.00. The second-order valence-corrected chi connectivity index (χ2v) is 6.47. The van der Waals surface area contributed by atoms with Crippen molar-refractivity contribution in [1.82, 2.24) is 5.32 Å². The quantitative estimate of drug-likeness (QED) is 0.609. The Kier molecular flexibility index (Phi) is 5.44. The second kappa shape index (κ2) is 7.94. The van der Waals surface area contributed by atoms with Crippen molar-refractivity contribution in [1.29, 1.82) is 0 Å². The van der Waals surface area contributed by atoms with Gasteiger partial charge in [0, 0.05) is 11.6 Å². The minimum atomic E-state index is -1.16. The second-order valence-electron chi connectivity index (χ2n) is 6.47. The zero-order valence-electron chi connectivity index (χ0n) is 15.3. The number of aryl methyl sites for hydroxylation is 1. The first-order chi connectivity index (χ1) is 13.0. The van der Waals surface area contributed by atoms with Gasteiger partial charge in [-0.25, -0.2) is 4.79 Å². The Bertz CT molecular complexity index is 1050. The van der Waals surface area contributed by atoms with Crippen LogP contribution in [0.25, 0.3) is 10.8 Å². The number of benzene rings is 3. The molecule has 3 aromatic carbocycles. The third-order valence-electron chi connectivity index (χ3n) is 4.55. The molecule has 0 saturated heterocycles. The van der Waals surface area contributed by atoms with Crippen LogP contribution >= 0.6 is 0 Å². The van der Waals surface area contributed by atoms with Gasteiger partial charge in [-0.3, -0.25) is 5.32 Å². The molecule has 0 spiro atoms. The Balaban J connectivity index is 1.73. The SMILES string of the molecule is Cc1cc(C#CCN[C@H](C)c2cccc3ccccc23)cc(C(=O)O)c1O. The number of carbonyl (C=O) groups is 1. The van der Waals surface area contributed by atoms with Crippen LogP contribution in [0.4, 0.5) is 0 Å². The lowest BCUT2D eigenvalue weighted by Gasteiger charge is -2.15. The molecule has 0 fully saturated rings. The lowest BCUT2D eigenvalue weighted by molar-refractivity contribution is 0.0693. The average molecular weight is 359 g/mol. The summed E-state index contributed by atoms with van der Waals surface area (Å²) in [6, 6.07) is 17.7. The number of carboxylic acids is 1. The van der Waals surface area contributed by atoms with Crippen LogP contribution in [0.15, 0.2) is 54.6 Å². The van der Waals surface area contributed by atoms with E-state index in [1.54, 1.807) is 13.0 Å². The molecule has 27 heavy (non-hydrogen) atoms. The van der Waals surface area contributed by atoms with Crippen molar-refractivity contribution in [2.75, 3.05) is 6.54 Å². The lowest BCUT2D eigenvalue weighted by Crippen LogP contribution is -2.19. The Hall–Kier alpha value is -3.29. The van der Waals surface area contributed by atoms with Crippen LogP contribution in [0.1, 0.15) is 40.0 Å². The maximum atomic E-state index is 11.2. The fourth-order valence-corrected chi connectivity index (χ4v) is 3.10. The van der Waals surface area contributed by atoms with E-state index in [9.17, 15) is 9.90 Å². The molecular weight excluding hydrogens is 338 g/mol. The maximum Gasteiger partial charge on any atom is 0.339 e. The summed E-state index contributed by atoms with van der Waals surface area (Å²) in [5.41, 5.74) is 2.15. The smallest absolute Gasteiger partial charge is 0.339 e. The Morgan fingerprint density at radius 2 is 1.89 bits per heavy atom. The molecule has 136 valence electrons. The van der Waals surface area contributed by atoms with Crippen molar-refractivity contribution in [3.05, 3.63) is 76.9 Å². The minimum Gasteiger partial charge on any atom is -0.507 e. The Morgan fingerprint density at radius 3 is 2.67 bits per heavy atom. The Labute approximate surface area is 158 Å². The fraction of sp³-hybridized carbons (Fsp3) is 0.174. The van der Waals surface area contributed by atoms with Gasteiger partial charge in [0.05, 0.1) is 6.54 Å². The summed E-state index contributed by atoms with van der Waals surface area (Å²) < 4.78 is 0. The number of carboxylic acid groups (broad SMARTS) is 1. The minimum absolute atomic E-state index is 0.126. The highest BCUT2D eigenvalue weighted by Gasteiger charge is 2.12. The molecule has 3 N–H and O–H groups in total. The number of aromatic hydroxyl groups is 1. The highest BCUT2D eigenvalue weighted by Crippen LogP contribution is 2.24. The van der Waals surface area contributed by atoms with Crippen molar-refractivity contribution >= 4 is 16.7 Å². The van der Waals surface area contributed by atoms with E-state index in [1.807, 2.05) is 18.2 Å². The van der Waals surface area contributed by atoms with Gasteiger partial charge in [-0.2, -0.15) is 0 Å². The largest absolute Gasteiger partial charge is 0.507 e. The molecule has 0 aliphatic heterocycles. The van der Waals surface area contributed by atoms with Gasteiger partial charge in [0.2, 0.25) is 0 Å². The van der Waals surface area contributed by atoms with Crippen LogP contribution in [0, 0.1) is 18.8 Å². The third kappa shape index (κ3) is 4.11. The molecule has 0 aromatic heterocycles. The highest BCUT2D eigenvalue weighted by molar-refractivity contribution is 5.91. The molecule has 4 nitrogen and oxygen atoms in total. The number of hydrogen-bond acceptors (Lipinski definition) is 3. The molecule has 0 saturated carbocycles. The molecule has 3 rings (SSSR count). The molecule has 0 bridgehead atoms. The number of aromatic carboxylic acids is 1. The van der Waals surface area contributed by atoms with Crippen molar-refractivity contribution in [2.24, 2.45) is 0 Å². The van der Waals surface area contributed by atoms with Crippen LogP contribution in [-0.2, 0) is 0 Å². The molecular formula is C23H21NO3. The molecule has 3 aromatic rings. The van der Waals surface area contributed by atoms with Crippen LogP contribution < -0.4 is 5.32 Å². The molecule has 0 amide bonds.